The normalized spacial score (nSPS) is 12.0. The Morgan fingerprint density at radius 3 is 2.75 bits per heavy atom. The van der Waals surface area contributed by atoms with Crippen LogP contribution < -0.4 is 15.4 Å². The van der Waals surface area contributed by atoms with Crippen LogP contribution in [0.25, 0.3) is 0 Å². The van der Waals surface area contributed by atoms with Crippen LogP contribution in [-0.2, 0) is 16.1 Å². The van der Waals surface area contributed by atoms with Gasteiger partial charge in [-0.05, 0) is 40.5 Å². The third kappa shape index (κ3) is 5.48. The molecular formula is C14H21BrN2O3. The molecule has 0 aromatic heterocycles. The Balaban J connectivity index is 2.42. The van der Waals surface area contributed by atoms with Crippen LogP contribution in [0.1, 0.15) is 12.5 Å². The van der Waals surface area contributed by atoms with Gasteiger partial charge in [-0.15, -0.1) is 0 Å². The zero-order valence-corrected chi connectivity index (χ0v) is 13.6. The zero-order valence-electron chi connectivity index (χ0n) is 12.0. The van der Waals surface area contributed by atoms with Crippen molar-refractivity contribution < 1.29 is 14.3 Å². The quantitative estimate of drug-likeness (QED) is 0.704. The summed E-state index contributed by atoms with van der Waals surface area (Å²) in [5.41, 5.74) is 1.08. The summed E-state index contributed by atoms with van der Waals surface area (Å²) < 4.78 is 11.0. The van der Waals surface area contributed by atoms with Gasteiger partial charge in [0, 0.05) is 20.2 Å². The van der Waals surface area contributed by atoms with E-state index in [1.165, 1.54) is 0 Å². The lowest BCUT2D eigenvalue weighted by atomic mass is 10.2. The number of methoxy groups -OCH3 is 2. The second-order valence-corrected chi connectivity index (χ2v) is 5.21. The second kappa shape index (κ2) is 8.94. The molecule has 0 bridgehead atoms. The first kappa shape index (κ1) is 16.9. The minimum Gasteiger partial charge on any atom is -0.496 e. The molecule has 112 valence electrons. The molecule has 2 N–H and O–H groups in total. The van der Waals surface area contributed by atoms with Crippen LogP contribution in [0.3, 0.4) is 0 Å². The predicted molar refractivity (Wildman–Crippen MR) is 81.9 cm³/mol. The van der Waals surface area contributed by atoms with Gasteiger partial charge in [0.25, 0.3) is 0 Å². The fourth-order valence-corrected chi connectivity index (χ4v) is 2.20. The van der Waals surface area contributed by atoms with E-state index in [0.717, 1.165) is 15.8 Å². The molecule has 1 amide bonds. The molecule has 5 nitrogen and oxygen atoms in total. The van der Waals surface area contributed by atoms with Gasteiger partial charge in [-0.1, -0.05) is 6.07 Å². The van der Waals surface area contributed by atoms with Crippen molar-refractivity contribution in [3.05, 3.63) is 28.2 Å². The molecule has 0 spiro atoms. The van der Waals surface area contributed by atoms with Crippen molar-refractivity contribution in [3.8, 4) is 5.75 Å². The van der Waals surface area contributed by atoms with E-state index in [1.807, 2.05) is 25.1 Å². The van der Waals surface area contributed by atoms with Crippen LogP contribution >= 0.6 is 15.9 Å². The van der Waals surface area contributed by atoms with E-state index in [1.54, 1.807) is 14.2 Å². The molecule has 0 aliphatic carbocycles. The van der Waals surface area contributed by atoms with Crippen molar-refractivity contribution in [2.75, 3.05) is 27.4 Å². The molecule has 1 aromatic rings. The van der Waals surface area contributed by atoms with Crippen LogP contribution in [0.4, 0.5) is 0 Å². The fourth-order valence-electron chi connectivity index (χ4n) is 1.61. The average Bonchev–Trinajstić information content (AvgIpc) is 2.45. The van der Waals surface area contributed by atoms with Crippen molar-refractivity contribution in [3.63, 3.8) is 0 Å². The minimum absolute atomic E-state index is 0.0328. The van der Waals surface area contributed by atoms with Gasteiger partial charge in [0.05, 0.1) is 24.2 Å². The van der Waals surface area contributed by atoms with Crippen molar-refractivity contribution in [2.24, 2.45) is 0 Å². The summed E-state index contributed by atoms with van der Waals surface area (Å²) in [4.78, 5) is 11.7. The highest BCUT2D eigenvalue weighted by atomic mass is 79.9. The Hall–Kier alpha value is -1.11. The summed E-state index contributed by atoms with van der Waals surface area (Å²) in [6.07, 6.45) is 0. The molecule has 0 heterocycles. The van der Waals surface area contributed by atoms with E-state index in [-0.39, 0.29) is 11.9 Å². The van der Waals surface area contributed by atoms with E-state index < -0.39 is 0 Å². The van der Waals surface area contributed by atoms with E-state index in [9.17, 15) is 4.79 Å². The molecule has 0 radical (unpaired) electrons. The van der Waals surface area contributed by atoms with Gasteiger partial charge in [0.2, 0.25) is 5.91 Å². The minimum atomic E-state index is -0.257. The highest BCUT2D eigenvalue weighted by Crippen LogP contribution is 2.25. The molecule has 0 fully saturated rings. The number of ether oxygens (including phenoxy) is 2. The second-order valence-electron chi connectivity index (χ2n) is 4.36. The third-order valence-electron chi connectivity index (χ3n) is 2.83. The maximum Gasteiger partial charge on any atom is 0.236 e. The van der Waals surface area contributed by atoms with Crippen molar-refractivity contribution in [1.29, 1.82) is 0 Å². The number of rotatable bonds is 8. The summed E-state index contributed by atoms with van der Waals surface area (Å²) in [5.74, 6) is 0.758. The summed E-state index contributed by atoms with van der Waals surface area (Å²) >= 11 is 3.44. The number of carbonyl (C=O) groups excluding carboxylic acids is 1. The predicted octanol–water partition coefficient (Wildman–Crippen LogP) is 1.70. The number of amides is 1. The smallest absolute Gasteiger partial charge is 0.236 e. The van der Waals surface area contributed by atoms with Crippen LogP contribution in [0.15, 0.2) is 22.7 Å². The molecule has 0 saturated carbocycles. The van der Waals surface area contributed by atoms with E-state index in [4.69, 9.17) is 9.47 Å². The summed E-state index contributed by atoms with van der Waals surface area (Å²) in [5, 5.41) is 5.97. The molecule has 6 heteroatoms. The average molecular weight is 345 g/mol. The van der Waals surface area contributed by atoms with E-state index in [0.29, 0.717) is 19.7 Å². The van der Waals surface area contributed by atoms with Gasteiger partial charge in [-0.3, -0.25) is 4.79 Å². The number of halogens is 1. The van der Waals surface area contributed by atoms with Gasteiger partial charge in [-0.2, -0.15) is 0 Å². The van der Waals surface area contributed by atoms with Gasteiger partial charge >= 0.3 is 0 Å². The molecule has 20 heavy (non-hydrogen) atoms. The standard InChI is InChI=1S/C14H21BrN2O3/c1-10(14(18)16-6-7-19-2)17-9-11-4-5-13(20-3)12(15)8-11/h4-5,8,10,17H,6-7,9H2,1-3H3,(H,16,18). The first-order valence-corrected chi connectivity index (χ1v) is 7.20. The maximum absolute atomic E-state index is 11.7. The molecule has 0 saturated heterocycles. The van der Waals surface area contributed by atoms with Crippen LogP contribution in [-0.4, -0.2) is 39.3 Å². The van der Waals surface area contributed by atoms with Gasteiger partial charge in [0.1, 0.15) is 5.75 Å². The Bertz CT molecular complexity index is 440. The van der Waals surface area contributed by atoms with Crippen molar-refractivity contribution in [2.45, 2.75) is 19.5 Å². The molecule has 1 aromatic carbocycles. The lowest BCUT2D eigenvalue weighted by molar-refractivity contribution is -0.122. The monoisotopic (exact) mass is 344 g/mol. The summed E-state index contributed by atoms with van der Waals surface area (Å²) in [7, 11) is 3.24. The number of nitrogens with one attached hydrogen (secondary N) is 2. The molecule has 1 atom stereocenters. The Kier molecular flexibility index (Phi) is 7.58. The van der Waals surface area contributed by atoms with Crippen LogP contribution in [0.5, 0.6) is 5.75 Å². The number of hydrogen-bond acceptors (Lipinski definition) is 4. The van der Waals surface area contributed by atoms with Gasteiger partial charge < -0.3 is 20.1 Å². The maximum atomic E-state index is 11.7. The summed E-state index contributed by atoms with van der Waals surface area (Å²) in [6, 6.07) is 5.57. The summed E-state index contributed by atoms with van der Waals surface area (Å²) in [6.45, 7) is 3.49. The first-order chi connectivity index (χ1) is 9.58. The fraction of sp³-hybridized carbons (Fsp3) is 0.500. The highest BCUT2D eigenvalue weighted by Gasteiger charge is 2.11. The molecule has 0 aliphatic rings. The molecule has 1 unspecified atom stereocenters. The first-order valence-electron chi connectivity index (χ1n) is 6.41. The lowest BCUT2D eigenvalue weighted by Crippen LogP contribution is -2.42. The van der Waals surface area contributed by atoms with Gasteiger partial charge in [-0.25, -0.2) is 0 Å². The lowest BCUT2D eigenvalue weighted by Gasteiger charge is -2.14. The number of hydrogen-bond donors (Lipinski definition) is 2. The van der Waals surface area contributed by atoms with Crippen LogP contribution in [0.2, 0.25) is 0 Å². The van der Waals surface area contributed by atoms with Crippen LogP contribution in [0, 0.1) is 0 Å². The third-order valence-corrected chi connectivity index (χ3v) is 3.45. The van der Waals surface area contributed by atoms with E-state index >= 15 is 0 Å². The Morgan fingerprint density at radius 2 is 2.15 bits per heavy atom. The largest absolute Gasteiger partial charge is 0.496 e. The zero-order chi connectivity index (χ0) is 15.0. The Labute approximate surface area is 128 Å². The molecule has 1 rings (SSSR count). The van der Waals surface area contributed by atoms with E-state index in [2.05, 4.69) is 26.6 Å². The topological polar surface area (TPSA) is 59.6 Å². The van der Waals surface area contributed by atoms with Crippen molar-refractivity contribution in [1.82, 2.24) is 10.6 Å². The highest BCUT2D eigenvalue weighted by molar-refractivity contribution is 9.10. The molecular weight excluding hydrogens is 324 g/mol. The number of carbonyl (C=O) groups is 1. The number of benzene rings is 1. The molecule has 0 aliphatic heterocycles. The SMILES string of the molecule is COCCNC(=O)C(C)NCc1ccc(OC)c(Br)c1. The van der Waals surface area contributed by atoms with Gasteiger partial charge in [0.15, 0.2) is 0 Å². The Morgan fingerprint density at radius 1 is 1.40 bits per heavy atom. The van der Waals surface area contributed by atoms with Crippen molar-refractivity contribution >= 4 is 21.8 Å².